The maximum Gasteiger partial charge on any atom is 0.243 e. The molecule has 2 amide bonds. The number of aryl methyl sites for hydroxylation is 1. The van der Waals surface area contributed by atoms with Gasteiger partial charge in [0.2, 0.25) is 21.8 Å². The largest absolute Gasteiger partial charge is 0.486 e. The smallest absolute Gasteiger partial charge is 0.243 e. The fraction of sp³-hybridized carbons (Fsp3) is 0.412. The van der Waals surface area contributed by atoms with Crippen molar-refractivity contribution in [1.29, 1.82) is 0 Å². The van der Waals surface area contributed by atoms with E-state index in [-0.39, 0.29) is 43.8 Å². The molecule has 2 atom stereocenters. The van der Waals surface area contributed by atoms with Gasteiger partial charge in [0.05, 0.1) is 11.9 Å². The summed E-state index contributed by atoms with van der Waals surface area (Å²) in [5.74, 6) is 0.619. The normalized spacial score (nSPS) is 13.9. The minimum atomic E-state index is -3.65. The van der Waals surface area contributed by atoms with Gasteiger partial charge in [0, 0.05) is 38.0 Å². The third-order valence-corrected chi connectivity index (χ3v) is 8.91. The van der Waals surface area contributed by atoms with Crippen molar-refractivity contribution in [1.82, 2.24) is 10.2 Å². The van der Waals surface area contributed by atoms with E-state index in [4.69, 9.17) is 9.47 Å². The van der Waals surface area contributed by atoms with Crippen LogP contribution in [0.2, 0.25) is 0 Å². The summed E-state index contributed by atoms with van der Waals surface area (Å²) in [7, 11) is -3.65. The Kier molecular flexibility index (Phi) is 11.3. The summed E-state index contributed by atoms with van der Waals surface area (Å²) in [6.45, 7) is 7.11. The zero-order chi connectivity index (χ0) is 31.7. The summed E-state index contributed by atoms with van der Waals surface area (Å²) in [6.07, 6.45) is 2.58. The monoisotopic (exact) mass is 621 g/mol. The summed E-state index contributed by atoms with van der Waals surface area (Å²) < 4.78 is 38.1. The lowest BCUT2D eigenvalue weighted by Crippen LogP contribution is -2.52. The molecule has 1 aliphatic heterocycles. The lowest BCUT2D eigenvalue weighted by molar-refractivity contribution is -0.141. The highest BCUT2D eigenvalue weighted by Gasteiger charge is 2.31. The summed E-state index contributed by atoms with van der Waals surface area (Å²) in [5, 5.41) is 3.08. The van der Waals surface area contributed by atoms with E-state index < -0.39 is 16.1 Å². The zero-order valence-corrected chi connectivity index (χ0v) is 26.8. The maximum absolute atomic E-state index is 14.0. The van der Waals surface area contributed by atoms with Crippen molar-refractivity contribution >= 4 is 27.5 Å². The number of sulfonamides is 1. The van der Waals surface area contributed by atoms with Crippen molar-refractivity contribution < 1.29 is 27.5 Å². The average Bonchev–Trinajstić information content (AvgIpc) is 3.01. The summed E-state index contributed by atoms with van der Waals surface area (Å²) in [4.78, 5) is 29.4. The van der Waals surface area contributed by atoms with E-state index in [1.807, 2.05) is 75.4 Å². The second-order valence-electron chi connectivity index (χ2n) is 11.3. The highest BCUT2D eigenvalue weighted by atomic mass is 32.2. The van der Waals surface area contributed by atoms with E-state index in [1.165, 1.54) is 4.31 Å². The molecule has 1 N–H and O–H groups in total. The molecule has 0 aliphatic carbocycles. The van der Waals surface area contributed by atoms with Crippen LogP contribution in [-0.2, 0) is 32.6 Å². The molecule has 44 heavy (non-hydrogen) atoms. The highest BCUT2D eigenvalue weighted by Crippen LogP contribution is 2.35. The van der Waals surface area contributed by atoms with Crippen LogP contribution in [0.3, 0.4) is 0 Å². The third kappa shape index (κ3) is 8.98. The van der Waals surface area contributed by atoms with E-state index in [9.17, 15) is 18.0 Å². The van der Waals surface area contributed by atoms with Crippen molar-refractivity contribution in [2.24, 2.45) is 0 Å². The number of hydrogen-bond donors (Lipinski definition) is 1. The topological polar surface area (TPSA) is 105 Å². The number of amides is 2. The van der Waals surface area contributed by atoms with Crippen LogP contribution in [0.25, 0.3) is 0 Å². The van der Waals surface area contributed by atoms with Crippen LogP contribution in [0, 0.1) is 6.92 Å². The zero-order valence-electron chi connectivity index (χ0n) is 26.0. The summed E-state index contributed by atoms with van der Waals surface area (Å²) in [5.41, 5.74) is 3.39. The van der Waals surface area contributed by atoms with Gasteiger partial charge in [0.25, 0.3) is 0 Å². The Morgan fingerprint density at radius 2 is 1.61 bits per heavy atom. The van der Waals surface area contributed by atoms with Gasteiger partial charge in [0.1, 0.15) is 19.3 Å². The van der Waals surface area contributed by atoms with Gasteiger partial charge in [-0.05, 0) is 49.9 Å². The Labute approximate surface area is 261 Å². The molecule has 4 rings (SSSR count). The number of ether oxygens (including phenoxy) is 2. The minimum absolute atomic E-state index is 0.0496. The van der Waals surface area contributed by atoms with Crippen LogP contribution in [0.4, 0.5) is 5.69 Å². The van der Waals surface area contributed by atoms with Gasteiger partial charge in [-0.15, -0.1) is 0 Å². The number of nitrogens with one attached hydrogen (secondary N) is 1. The molecule has 0 bridgehead atoms. The predicted octanol–water partition coefficient (Wildman–Crippen LogP) is 4.87. The Balaban J connectivity index is 1.58. The average molecular weight is 622 g/mol. The molecule has 9 nitrogen and oxygen atoms in total. The van der Waals surface area contributed by atoms with Gasteiger partial charge in [-0.3, -0.25) is 13.9 Å². The standard InChI is InChI=1S/C34H43N3O6S/c1-5-26(3)35-34(39)30(22-27-10-7-6-8-11-27)36(24-28-15-13-25(2)14-16-28)33(38)12-9-19-37(44(4,40)41)29-17-18-31-32(23-29)43-21-20-42-31/h6-8,10-11,13-18,23,26,30H,5,9,12,19-22,24H2,1-4H3,(H,35,39)/t26-,30-/m0/s1. The molecule has 0 aromatic heterocycles. The Morgan fingerprint density at radius 3 is 2.27 bits per heavy atom. The van der Waals surface area contributed by atoms with Gasteiger partial charge in [-0.1, -0.05) is 67.1 Å². The molecule has 0 saturated carbocycles. The second kappa shape index (κ2) is 15.1. The lowest BCUT2D eigenvalue weighted by Gasteiger charge is -2.33. The first-order valence-electron chi connectivity index (χ1n) is 15.1. The molecule has 0 radical (unpaired) electrons. The lowest BCUT2D eigenvalue weighted by atomic mass is 10.0. The second-order valence-corrected chi connectivity index (χ2v) is 13.2. The van der Waals surface area contributed by atoms with Crippen LogP contribution >= 0.6 is 0 Å². The number of benzene rings is 3. The summed E-state index contributed by atoms with van der Waals surface area (Å²) in [6, 6.07) is 21.8. The third-order valence-electron chi connectivity index (χ3n) is 7.71. The number of hydrogen-bond acceptors (Lipinski definition) is 6. The van der Waals surface area contributed by atoms with Crippen LogP contribution < -0.4 is 19.1 Å². The quantitative estimate of drug-likeness (QED) is 0.276. The van der Waals surface area contributed by atoms with Crippen molar-refractivity contribution in [3.63, 3.8) is 0 Å². The number of carbonyl (C=O) groups excluding carboxylic acids is 2. The number of carbonyl (C=O) groups is 2. The Hall–Kier alpha value is -4.05. The SMILES string of the molecule is CC[C@H](C)NC(=O)[C@H](Cc1ccccc1)N(Cc1ccc(C)cc1)C(=O)CCCN(c1ccc2c(c1)OCCO2)S(C)(=O)=O. The molecular weight excluding hydrogens is 578 g/mol. The van der Waals surface area contributed by atoms with Crippen molar-refractivity contribution in [3.05, 3.63) is 89.5 Å². The van der Waals surface area contributed by atoms with E-state index in [0.717, 1.165) is 29.4 Å². The molecule has 10 heteroatoms. The molecule has 3 aromatic carbocycles. The Bertz CT molecular complexity index is 1510. The molecule has 0 unspecified atom stereocenters. The first-order chi connectivity index (χ1) is 21.0. The van der Waals surface area contributed by atoms with Gasteiger partial charge in [-0.25, -0.2) is 8.42 Å². The van der Waals surface area contributed by atoms with Gasteiger partial charge in [-0.2, -0.15) is 0 Å². The fourth-order valence-electron chi connectivity index (χ4n) is 5.08. The first kappa shape index (κ1) is 32.9. The number of anilines is 1. The van der Waals surface area contributed by atoms with E-state index >= 15 is 0 Å². The van der Waals surface area contributed by atoms with E-state index in [0.29, 0.717) is 36.8 Å². The molecule has 3 aromatic rings. The molecular formula is C34H43N3O6S. The maximum atomic E-state index is 14.0. The number of nitrogens with zero attached hydrogens (tertiary/aromatic N) is 2. The van der Waals surface area contributed by atoms with Gasteiger partial charge < -0.3 is 19.7 Å². The van der Waals surface area contributed by atoms with E-state index in [2.05, 4.69) is 5.32 Å². The Morgan fingerprint density at radius 1 is 0.932 bits per heavy atom. The van der Waals surface area contributed by atoms with Crippen LogP contribution in [0.5, 0.6) is 11.5 Å². The molecule has 236 valence electrons. The molecule has 1 heterocycles. The molecule has 0 spiro atoms. The fourth-order valence-corrected chi connectivity index (χ4v) is 6.03. The van der Waals surface area contributed by atoms with Crippen LogP contribution in [0.1, 0.15) is 49.8 Å². The molecule has 0 fully saturated rings. The van der Waals surface area contributed by atoms with Crippen molar-refractivity contribution in [3.8, 4) is 11.5 Å². The minimum Gasteiger partial charge on any atom is -0.486 e. The summed E-state index contributed by atoms with van der Waals surface area (Å²) >= 11 is 0. The van der Waals surface area contributed by atoms with Crippen LogP contribution in [-0.4, -0.2) is 63.2 Å². The van der Waals surface area contributed by atoms with Gasteiger partial charge >= 0.3 is 0 Å². The number of rotatable bonds is 14. The number of fused-ring (bicyclic) bond motifs is 1. The van der Waals surface area contributed by atoms with E-state index in [1.54, 1.807) is 23.1 Å². The molecule has 0 saturated heterocycles. The van der Waals surface area contributed by atoms with Crippen molar-refractivity contribution in [2.45, 2.75) is 65.1 Å². The van der Waals surface area contributed by atoms with Crippen molar-refractivity contribution in [2.75, 3.05) is 30.3 Å². The first-order valence-corrected chi connectivity index (χ1v) is 17.0. The highest BCUT2D eigenvalue weighted by molar-refractivity contribution is 7.92. The molecule has 1 aliphatic rings. The predicted molar refractivity (Wildman–Crippen MR) is 172 cm³/mol. The van der Waals surface area contributed by atoms with Gasteiger partial charge in [0.15, 0.2) is 11.5 Å². The van der Waals surface area contributed by atoms with Crippen LogP contribution in [0.15, 0.2) is 72.8 Å².